The average molecular weight is 304 g/mol. The standard InChI is InChI=1S/C12H15BrFNO2/c1-8(2)5-10(13)6-9-3-4-11(15(16)17)7-12(9)14/h3-4,7-8,10H,5-6H2,1-2H3. The number of halogens is 2. The Kier molecular flexibility index (Phi) is 5.05. The number of nitro groups is 1. The molecule has 94 valence electrons. The van der Waals surface area contributed by atoms with E-state index in [2.05, 4.69) is 29.8 Å². The van der Waals surface area contributed by atoms with Gasteiger partial charge < -0.3 is 0 Å². The highest BCUT2D eigenvalue weighted by molar-refractivity contribution is 9.09. The van der Waals surface area contributed by atoms with Gasteiger partial charge >= 0.3 is 0 Å². The quantitative estimate of drug-likeness (QED) is 0.467. The predicted molar refractivity (Wildman–Crippen MR) is 68.9 cm³/mol. The van der Waals surface area contributed by atoms with Crippen molar-refractivity contribution >= 4 is 21.6 Å². The lowest BCUT2D eigenvalue weighted by atomic mass is 10.0. The molecule has 0 saturated carbocycles. The van der Waals surface area contributed by atoms with Crippen LogP contribution in [0.3, 0.4) is 0 Å². The second-order valence-electron chi connectivity index (χ2n) is 4.46. The third-order valence-electron chi connectivity index (χ3n) is 2.42. The molecule has 1 aromatic rings. The molecule has 0 bridgehead atoms. The third kappa shape index (κ3) is 4.42. The van der Waals surface area contributed by atoms with Crippen LogP contribution in [0.2, 0.25) is 0 Å². The molecule has 1 rings (SSSR count). The van der Waals surface area contributed by atoms with Gasteiger partial charge in [-0.05, 0) is 30.4 Å². The van der Waals surface area contributed by atoms with Crippen LogP contribution in [-0.2, 0) is 6.42 Å². The minimum Gasteiger partial charge on any atom is -0.258 e. The van der Waals surface area contributed by atoms with Crippen LogP contribution in [0.5, 0.6) is 0 Å². The summed E-state index contributed by atoms with van der Waals surface area (Å²) < 4.78 is 13.6. The summed E-state index contributed by atoms with van der Waals surface area (Å²) in [4.78, 5) is 10.1. The zero-order chi connectivity index (χ0) is 13.0. The minimum atomic E-state index is -0.591. The molecular formula is C12H15BrFNO2. The van der Waals surface area contributed by atoms with Gasteiger partial charge in [-0.15, -0.1) is 0 Å². The van der Waals surface area contributed by atoms with Crippen LogP contribution >= 0.6 is 15.9 Å². The van der Waals surface area contributed by atoms with E-state index >= 15 is 0 Å². The summed E-state index contributed by atoms with van der Waals surface area (Å²) in [5, 5.41) is 10.5. The van der Waals surface area contributed by atoms with E-state index in [1.165, 1.54) is 12.1 Å². The van der Waals surface area contributed by atoms with Gasteiger partial charge in [-0.2, -0.15) is 0 Å². The summed E-state index contributed by atoms with van der Waals surface area (Å²) in [6.07, 6.45) is 1.48. The highest BCUT2D eigenvalue weighted by Gasteiger charge is 2.14. The number of nitrogens with zero attached hydrogens (tertiary/aromatic N) is 1. The second-order valence-corrected chi connectivity index (χ2v) is 5.76. The molecule has 0 aliphatic carbocycles. The van der Waals surface area contributed by atoms with Crippen LogP contribution in [0.15, 0.2) is 18.2 Å². The van der Waals surface area contributed by atoms with Gasteiger partial charge in [-0.3, -0.25) is 10.1 Å². The Labute approximate surface area is 108 Å². The fourth-order valence-corrected chi connectivity index (χ4v) is 2.75. The van der Waals surface area contributed by atoms with Crippen LogP contribution in [0.4, 0.5) is 10.1 Å². The molecule has 0 aliphatic heterocycles. The zero-order valence-electron chi connectivity index (χ0n) is 9.82. The molecule has 1 aromatic carbocycles. The largest absolute Gasteiger partial charge is 0.272 e. The Hall–Kier alpha value is -0.970. The Morgan fingerprint density at radius 2 is 2.12 bits per heavy atom. The SMILES string of the molecule is CC(C)CC(Br)Cc1ccc([N+](=O)[O-])cc1F. The van der Waals surface area contributed by atoms with Crippen LogP contribution in [-0.4, -0.2) is 9.75 Å². The Balaban J connectivity index is 2.75. The second kappa shape index (κ2) is 6.10. The smallest absolute Gasteiger partial charge is 0.258 e. The number of hydrogen-bond acceptors (Lipinski definition) is 2. The van der Waals surface area contributed by atoms with Crippen molar-refractivity contribution in [2.45, 2.75) is 31.5 Å². The predicted octanol–water partition coefficient (Wildman–Crippen LogP) is 4.09. The molecule has 0 heterocycles. The van der Waals surface area contributed by atoms with Crippen molar-refractivity contribution < 1.29 is 9.31 Å². The monoisotopic (exact) mass is 303 g/mol. The first-order valence-corrected chi connectivity index (χ1v) is 6.38. The lowest BCUT2D eigenvalue weighted by molar-refractivity contribution is -0.385. The molecule has 0 N–H and O–H groups in total. The minimum absolute atomic E-state index is 0.193. The molecule has 0 aliphatic rings. The summed E-state index contributed by atoms with van der Waals surface area (Å²) in [5.41, 5.74) is 0.305. The van der Waals surface area contributed by atoms with Crippen LogP contribution in [0.1, 0.15) is 25.8 Å². The van der Waals surface area contributed by atoms with E-state index in [-0.39, 0.29) is 10.5 Å². The van der Waals surface area contributed by atoms with E-state index in [0.717, 1.165) is 12.5 Å². The van der Waals surface area contributed by atoms with Gasteiger partial charge in [0.1, 0.15) is 5.82 Å². The molecule has 0 saturated heterocycles. The molecule has 0 fully saturated rings. The van der Waals surface area contributed by atoms with Crippen molar-refractivity contribution in [1.29, 1.82) is 0 Å². The number of rotatable bonds is 5. The van der Waals surface area contributed by atoms with Crippen LogP contribution < -0.4 is 0 Å². The average Bonchev–Trinajstić information content (AvgIpc) is 2.19. The molecule has 17 heavy (non-hydrogen) atoms. The maximum atomic E-state index is 13.6. The number of alkyl halides is 1. The Bertz CT molecular complexity index is 409. The molecule has 0 radical (unpaired) electrons. The van der Waals surface area contributed by atoms with E-state index in [1.54, 1.807) is 0 Å². The third-order valence-corrected chi connectivity index (χ3v) is 3.11. The maximum Gasteiger partial charge on any atom is 0.272 e. The van der Waals surface area contributed by atoms with Gasteiger partial charge in [0.15, 0.2) is 0 Å². The van der Waals surface area contributed by atoms with E-state index in [4.69, 9.17) is 0 Å². The topological polar surface area (TPSA) is 43.1 Å². The van der Waals surface area contributed by atoms with Gasteiger partial charge in [0.2, 0.25) is 0 Å². The normalized spacial score (nSPS) is 12.8. The van der Waals surface area contributed by atoms with Crippen LogP contribution in [0.25, 0.3) is 0 Å². The van der Waals surface area contributed by atoms with Crippen molar-refractivity contribution in [3.8, 4) is 0 Å². The fourth-order valence-electron chi connectivity index (χ4n) is 1.65. The number of benzene rings is 1. The highest BCUT2D eigenvalue weighted by Crippen LogP contribution is 2.22. The molecule has 0 spiro atoms. The Morgan fingerprint density at radius 3 is 2.59 bits per heavy atom. The van der Waals surface area contributed by atoms with Gasteiger partial charge in [-0.1, -0.05) is 29.8 Å². The molecule has 1 atom stereocenters. The van der Waals surface area contributed by atoms with E-state index in [9.17, 15) is 14.5 Å². The lowest BCUT2D eigenvalue weighted by Crippen LogP contribution is -2.08. The van der Waals surface area contributed by atoms with E-state index in [1.807, 2.05) is 0 Å². The summed E-state index contributed by atoms with van der Waals surface area (Å²) in [7, 11) is 0. The molecule has 1 unspecified atom stereocenters. The Morgan fingerprint density at radius 1 is 1.47 bits per heavy atom. The number of non-ortho nitro benzene ring substituents is 1. The number of nitro benzene ring substituents is 1. The molecule has 5 heteroatoms. The van der Waals surface area contributed by atoms with Crippen molar-refractivity contribution in [2.75, 3.05) is 0 Å². The van der Waals surface area contributed by atoms with Crippen molar-refractivity contribution in [3.05, 3.63) is 39.7 Å². The van der Waals surface area contributed by atoms with Gasteiger partial charge in [0.25, 0.3) is 5.69 Å². The summed E-state index contributed by atoms with van der Waals surface area (Å²) in [5.74, 6) is 0.0212. The summed E-state index contributed by atoms with van der Waals surface area (Å²) in [6.45, 7) is 4.20. The van der Waals surface area contributed by atoms with Crippen molar-refractivity contribution in [1.82, 2.24) is 0 Å². The first-order chi connectivity index (χ1) is 7.90. The molecule has 0 aromatic heterocycles. The molecule has 0 amide bonds. The van der Waals surface area contributed by atoms with Gasteiger partial charge in [-0.25, -0.2) is 4.39 Å². The van der Waals surface area contributed by atoms with E-state index < -0.39 is 10.7 Å². The van der Waals surface area contributed by atoms with Crippen molar-refractivity contribution in [3.63, 3.8) is 0 Å². The zero-order valence-corrected chi connectivity index (χ0v) is 11.4. The molecular weight excluding hydrogens is 289 g/mol. The first kappa shape index (κ1) is 14.1. The summed E-state index contributed by atoms with van der Waals surface area (Å²) >= 11 is 3.50. The fraction of sp³-hybridized carbons (Fsp3) is 0.500. The summed E-state index contributed by atoms with van der Waals surface area (Å²) in [6, 6.07) is 3.81. The van der Waals surface area contributed by atoms with E-state index in [0.29, 0.717) is 17.9 Å². The first-order valence-electron chi connectivity index (χ1n) is 5.47. The lowest BCUT2D eigenvalue weighted by Gasteiger charge is -2.12. The van der Waals surface area contributed by atoms with Gasteiger partial charge in [0, 0.05) is 10.9 Å². The highest BCUT2D eigenvalue weighted by atomic mass is 79.9. The van der Waals surface area contributed by atoms with Crippen LogP contribution in [0, 0.1) is 21.8 Å². The van der Waals surface area contributed by atoms with Gasteiger partial charge in [0.05, 0.1) is 11.0 Å². The number of hydrogen-bond donors (Lipinski definition) is 0. The van der Waals surface area contributed by atoms with Crippen molar-refractivity contribution in [2.24, 2.45) is 5.92 Å². The maximum absolute atomic E-state index is 13.6. The molecule has 3 nitrogen and oxygen atoms in total.